The number of aromatic nitrogens is 3. The highest BCUT2D eigenvalue weighted by molar-refractivity contribution is 7.98. The van der Waals surface area contributed by atoms with Crippen molar-refractivity contribution in [3.05, 3.63) is 35.2 Å². The molecule has 0 N–H and O–H groups in total. The van der Waals surface area contributed by atoms with Crippen LogP contribution in [0.15, 0.2) is 32.8 Å². The van der Waals surface area contributed by atoms with Gasteiger partial charge in [-0.05, 0) is 51.3 Å². The number of aryl methyl sites for hydroxylation is 2. The molecule has 0 spiro atoms. The number of hydrogen-bond donors (Lipinski definition) is 0. The van der Waals surface area contributed by atoms with Crippen molar-refractivity contribution in [3.63, 3.8) is 0 Å². The van der Waals surface area contributed by atoms with Gasteiger partial charge in [-0.1, -0.05) is 43.1 Å². The lowest BCUT2D eigenvalue weighted by molar-refractivity contribution is 0.392. The number of hydrogen-bond acceptors (Lipinski definition) is 6. The van der Waals surface area contributed by atoms with Gasteiger partial charge in [-0.15, -0.1) is 0 Å². The van der Waals surface area contributed by atoms with E-state index in [4.69, 9.17) is 9.51 Å². The topological polar surface area (TPSA) is 81.2 Å². The Morgan fingerprint density at radius 2 is 2.00 bits per heavy atom. The molecular weight excluding hydrogens is 444 g/mol. The molecule has 3 aromatic rings. The highest BCUT2D eigenvalue weighted by Gasteiger charge is 2.26. The highest BCUT2D eigenvalue weighted by Crippen LogP contribution is 2.38. The van der Waals surface area contributed by atoms with Crippen molar-refractivity contribution in [3.8, 4) is 0 Å². The lowest BCUT2D eigenvalue weighted by atomic mass is 10.2. The van der Waals surface area contributed by atoms with E-state index in [2.05, 4.69) is 16.6 Å². The third kappa shape index (κ3) is 4.47. The molecule has 2 aromatic heterocycles. The second kappa shape index (κ2) is 9.57. The van der Waals surface area contributed by atoms with Crippen LogP contribution in [0.4, 0.5) is 0 Å². The largest absolute Gasteiger partial charge is 0.361 e. The minimum Gasteiger partial charge on any atom is -0.361 e. The molecule has 0 amide bonds. The van der Waals surface area contributed by atoms with Crippen molar-refractivity contribution in [2.45, 2.75) is 81.1 Å². The summed E-state index contributed by atoms with van der Waals surface area (Å²) in [5, 5.41) is 4.99. The first-order valence-electron chi connectivity index (χ1n) is 11.4. The summed E-state index contributed by atoms with van der Waals surface area (Å²) in [6.07, 6.45) is 6.49. The van der Waals surface area contributed by atoms with Gasteiger partial charge in [0.1, 0.15) is 5.76 Å². The van der Waals surface area contributed by atoms with Crippen LogP contribution < -0.4 is 0 Å². The number of benzene rings is 1. The van der Waals surface area contributed by atoms with E-state index in [9.17, 15) is 8.42 Å². The van der Waals surface area contributed by atoms with Crippen molar-refractivity contribution in [2.75, 3.05) is 13.6 Å². The molecule has 1 aromatic carbocycles. The number of thioether (sulfide) groups is 1. The lowest BCUT2D eigenvalue weighted by Gasteiger charge is -2.17. The Labute approximate surface area is 194 Å². The van der Waals surface area contributed by atoms with Crippen molar-refractivity contribution >= 4 is 32.8 Å². The summed E-state index contributed by atoms with van der Waals surface area (Å²) in [5.41, 5.74) is 3.75. The average Bonchev–Trinajstić information content (AvgIpc) is 3.49. The van der Waals surface area contributed by atoms with E-state index in [0.717, 1.165) is 64.6 Å². The molecule has 2 heterocycles. The quantitative estimate of drug-likeness (QED) is 0.381. The molecule has 0 radical (unpaired) electrons. The Balaban J connectivity index is 1.70. The summed E-state index contributed by atoms with van der Waals surface area (Å²) < 4.78 is 35.2. The number of sulfonamides is 1. The first-order valence-corrected chi connectivity index (χ1v) is 13.8. The number of imidazole rings is 1. The molecule has 0 saturated heterocycles. The van der Waals surface area contributed by atoms with Gasteiger partial charge in [-0.25, -0.2) is 17.7 Å². The molecule has 0 bridgehead atoms. The SMILES string of the molecule is CCCCN(C)S(=O)(=O)c1ccc2c(c1)nc(SCc1c(C)noc1C)n2C1CCCC1. The molecule has 0 unspecified atom stereocenters. The van der Waals surface area contributed by atoms with E-state index >= 15 is 0 Å². The molecule has 7 nitrogen and oxygen atoms in total. The van der Waals surface area contributed by atoms with Crippen molar-refractivity contribution in [2.24, 2.45) is 0 Å². The van der Waals surface area contributed by atoms with Crippen LogP contribution in [0, 0.1) is 13.8 Å². The minimum atomic E-state index is -3.53. The molecule has 4 rings (SSSR count). The number of unbranched alkanes of at least 4 members (excludes halogenated alkanes) is 1. The van der Waals surface area contributed by atoms with Crippen molar-refractivity contribution in [1.82, 2.24) is 19.0 Å². The van der Waals surface area contributed by atoms with Crippen LogP contribution in [0.3, 0.4) is 0 Å². The highest BCUT2D eigenvalue weighted by atomic mass is 32.2. The molecule has 1 saturated carbocycles. The molecule has 1 fully saturated rings. The van der Waals surface area contributed by atoms with Crippen LogP contribution in [0.25, 0.3) is 11.0 Å². The van der Waals surface area contributed by atoms with Crippen molar-refractivity contribution in [1.29, 1.82) is 0 Å². The fraction of sp³-hybridized carbons (Fsp3) is 0.565. The van der Waals surface area contributed by atoms with Gasteiger partial charge in [0, 0.05) is 31.0 Å². The van der Waals surface area contributed by atoms with Gasteiger partial charge in [0.25, 0.3) is 0 Å². The Kier molecular flexibility index (Phi) is 6.97. The van der Waals surface area contributed by atoms with Crippen LogP contribution in [0.5, 0.6) is 0 Å². The molecule has 1 aliphatic rings. The average molecular weight is 477 g/mol. The van der Waals surface area contributed by atoms with E-state index in [1.807, 2.05) is 19.9 Å². The van der Waals surface area contributed by atoms with Gasteiger partial charge in [0.2, 0.25) is 10.0 Å². The van der Waals surface area contributed by atoms with Crippen molar-refractivity contribution < 1.29 is 12.9 Å². The van der Waals surface area contributed by atoms with Gasteiger partial charge < -0.3 is 9.09 Å². The second-order valence-electron chi connectivity index (χ2n) is 8.62. The minimum absolute atomic E-state index is 0.307. The van der Waals surface area contributed by atoms with Crippen LogP contribution in [0.2, 0.25) is 0 Å². The molecular formula is C23H32N4O3S2. The first-order chi connectivity index (χ1) is 15.3. The van der Waals surface area contributed by atoms with Crippen LogP contribution in [0.1, 0.15) is 68.5 Å². The summed E-state index contributed by atoms with van der Waals surface area (Å²) in [6, 6.07) is 5.80. The fourth-order valence-electron chi connectivity index (χ4n) is 4.36. The smallest absolute Gasteiger partial charge is 0.242 e. The number of fused-ring (bicyclic) bond motifs is 1. The van der Waals surface area contributed by atoms with Crippen LogP contribution >= 0.6 is 11.8 Å². The molecule has 174 valence electrons. The third-order valence-corrected chi connectivity index (χ3v) is 9.21. The van der Waals surface area contributed by atoms with Gasteiger partial charge in [-0.3, -0.25) is 0 Å². The summed E-state index contributed by atoms with van der Waals surface area (Å²) >= 11 is 1.67. The predicted molar refractivity (Wildman–Crippen MR) is 127 cm³/mol. The summed E-state index contributed by atoms with van der Waals surface area (Å²) in [4.78, 5) is 5.21. The first kappa shape index (κ1) is 23.3. The molecule has 0 atom stereocenters. The van der Waals surface area contributed by atoms with E-state index in [0.29, 0.717) is 17.5 Å². The number of nitrogens with zero attached hydrogens (tertiary/aromatic N) is 4. The monoisotopic (exact) mass is 476 g/mol. The zero-order valence-corrected chi connectivity index (χ0v) is 20.9. The third-order valence-electron chi connectivity index (χ3n) is 6.38. The normalized spacial score (nSPS) is 15.4. The van der Waals surface area contributed by atoms with Gasteiger partial charge >= 0.3 is 0 Å². The fourth-order valence-corrected chi connectivity index (χ4v) is 6.82. The van der Waals surface area contributed by atoms with Gasteiger partial charge in [-0.2, -0.15) is 0 Å². The Hall–Kier alpha value is -1.84. The van der Waals surface area contributed by atoms with Gasteiger partial charge in [0.15, 0.2) is 5.16 Å². The maximum atomic E-state index is 13.1. The summed E-state index contributed by atoms with van der Waals surface area (Å²) in [7, 11) is -1.88. The lowest BCUT2D eigenvalue weighted by Crippen LogP contribution is -2.27. The molecule has 32 heavy (non-hydrogen) atoms. The summed E-state index contributed by atoms with van der Waals surface area (Å²) in [5.74, 6) is 1.56. The molecule has 1 aliphatic carbocycles. The molecule has 0 aliphatic heterocycles. The zero-order valence-electron chi connectivity index (χ0n) is 19.3. The van der Waals surface area contributed by atoms with Crippen LogP contribution in [-0.4, -0.2) is 41.0 Å². The predicted octanol–water partition coefficient (Wildman–Crippen LogP) is 5.47. The van der Waals surface area contributed by atoms with E-state index < -0.39 is 10.0 Å². The van der Waals surface area contributed by atoms with E-state index in [1.54, 1.807) is 30.9 Å². The van der Waals surface area contributed by atoms with Crippen LogP contribution in [-0.2, 0) is 15.8 Å². The molecule has 9 heteroatoms. The van der Waals surface area contributed by atoms with E-state index in [-0.39, 0.29) is 0 Å². The number of rotatable bonds is 9. The zero-order chi connectivity index (χ0) is 22.9. The Morgan fingerprint density at radius 1 is 1.25 bits per heavy atom. The Bertz CT molecular complexity index is 1170. The van der Waals surface area contributed by atoms with Gasteiger partial charge in [0.05, 0.1) is 21.6 Å². The second-order valence-corrected chi connectivity index (χ2v) is 11.6. The maximum Gasteiger partial charge on any atom is 0.242 e. The van der Waals surface area contributed by atoms with E-state index in [1.165, 1.54) is 17.1 Å². The summed E-state index contributed by atoms with van der Waals surface area (Å²) in [6.45, 7) is 6.47. The standard InChI is InChI=1S/C23H32N4O3S2/c1-5-6-13-26(4)32(28,29)19-11-12-22-21(14-19)24-23(27(22)18-9-7-8-10-18)31-15-20-16(2)25-30-17(20)3/h11-12,14,18H,5-10,13,15H2,1-4H3. The maximum absolute atomic E-state index is 13.1. The Morgan fingerprint density at radius 3 is 2.66 bits per heavy atom.